The molecule has 0 amide bonds. The number of aliphatic hydroxyl groups is 4. The van der Waals surface area contributed by atoms with Crippen LogP contribution in [0.5, 0.6) is 0 Å². The summed E-state index contributed by atoms with van der Waals surface area (Å²) in [4.78, 5) is 12.7. The molecule has 5 aliphatic rings. The molecule has 0 unspecified atom stereocenters. The van der Waals surface area contributed by atoms with Crippen LogP contribution in [0.1, 0.15) is 107 Å². The van der Waals surface area contributed by atoms with Crippen LogP contribution in [0.15, 0.2) is 11.6 Å². The highest BCUT2D eigenvalue weighted by Crippen LogP contribution is 2.74. The third kappa shape index (κ3) is 4.97. The second-order valence-corrected chi connectivity index (χ2v) is 16.6. The van der Waals surface area contributed by atoms with Gasteiger partial charge in [-0.05, 0) is 116 Å². The number of hydrogen-bond acceptors (Lipinski definition) is 7. The van der Waals surface area contributed by atoms with E-state index in [9.17, 15) is 25.2 Å². The molecule has 14 atom stereocenters. The molecule has 5 rings (SSSR count). The topological polar surface area (TPSA) is 116 Å². The summed E-state index contributed by atoms with van der Waals surface area (Å²) in [5.41, 5.74) is 0.841. The maximum Gasteiger partial charge on any atom is 0.186 e. The maximum absolute atomic E-state index is 12.7. The molecule has 0 aromatic heterocycles. The molecule has 0 aromatic carbocycles. The highest BCUT2D eigenvalue weighted by atomic mass is 16.7. The molecule has 5 fully saturated rings. The Kier molecular flexibility index (Phi) is 8.69. The van der Waals surface area contributed by atoms with Crippen LogP contribution in [0.25, 0.3) is 0 Å². The van der Waals surface area contributed by atoms with Gasteiger partial charge in [0.1, 0.15) is 18.3 Å². The summed E-state index contributed by atoms with van der Waals surface area (Å²) in [6.45, 7) is 18.0. The molecule has 4 saturated carbocycles. The number of ether oxygens (including phenoxy) is 2. The number of carbonyl (C=O) groups is 1. The van der Waals surface area contributed by atoms with Crippen molar-refractivity contribution in [3.05, 3.63) is 11.6 Å². The van der Waals surface area contributed by atoms with Crippen molar-refractivity contribution in [2.75, 3.05) is 6.61 Å². The van der Waals surface area contributed by atoms with Crippen LogP contribution in [0.3, 0.4) is 0 Å². The van der Waals surface area contributed by atoms with E-state index in [1.807, 2.05) is 13.8 Å². The van der Waals surface area contributed by atoms with Crippen molar-refractivity contribution in [3.8, 4) is 0 Å². The van der Waals surface area contributed by atoms with Crippen molar-refractivity contribution < 1.29 is 34.7 Å². The lowest BCUT2D eigenvalue weighted by molar-refractivity contribution is -0.310. The zero-order chi connectivity index (χ0) is 31.0. The van der Waals surface area contributed by atoms with E-state index in [1.165, 1.54) is 0 Å². The van der Waals surface area contributed by atoms with Crippen LogP contribution < -0.4 is 0 Å². The third-order valence-electron chi connectivity index (χ3n) is 13.7. The summed E-state index contributed by atoms with van der Waals surface area (Å²) in [5, 5.41) is 42.7. The largest absolute Gasteiger partial charge is 0.393 e. The van der Waals surface area contributed by atoms with Gasteiger partial charge in [-0.1, -0.05) is 47.1 Å². The Hall–Kier alpha value is -0.830. The Morgan fingerprint density at radius 3 is 2.21 bits per heavy atom. The molecule has 0 radical (unpaired) electrons. The number of aliphatic hydroxyl groups excluding tert-OH is 4. The molecule has 4 aliphatic carbocycles. The van der Waals surface area contributed by atoms with Crippen LogP contribution in [0.4, 0.5) is 0 Å². The standard InChI is InChI=1S/C35H58O7/c1-19(2)15-21(36)16-20(3)22-9-10-25-34(7)13-11-24-32(4,5)28(42-31-30(40)29(39)23(37)18-41-31)12-14-33(24,6)26(34)17-27(38)35(22,25)8/h15,20,22-31,37-40H,9-14,16-18H2,1-8H3/t20-,22-,23-,24+,25+,26-,27-,28+,29+,30-,31+,33+,34+,35-/m1/s1. The Morgan fingerprint density at radius 2 is 1.55 bits per heavy atom. The van der Waals surface area contributed by atoms with E-state index in [-0.39, 0.29) is 52.2 Å². The van der Waals surface area contributed by atoms with Crippen molar-refractivity contribution in [1.29, 1.82) is 0 Å². The van der Waals surface area contributed by atoms with Crippen LogP contribution in [0.2, 0.25) is 0 Å². The molecular formula is C35H58O7. The van der Waals surface area contributed by atoms with Gasteiger partial charge in [-0.3, -0.25) is 4.79 Å². The van der Waals surface area contributed by atoms with E-state index in [1.54, 1.807) is 6.08 Å². The quantitative estimate of drug-likeness (QED) is 0.253. The molecule has 4 N–H and O–H groups in total. The fourth-order valence-electron chi connectivity index (χ4n) is 11.8. The maximum atomic E-state index is 12.7. The second-order valence-electron chi connectivity index (χ2n) is 16.6. The smallest absolute Gasteiger partial charge is 0.186 e. The molecule has 240 valence electrons. The van der Waals surface area contributed by atoms with Crippen LogP contribution >= 0.6 is 0 Å². The Morgan fingerprint density at radius 1 is 0.905 bits per heavy atom. The summed E-state index contributed by atoms with van der Waals surface area (Å²) in [5.74, 6) is 1.99. The second kappa shape index (κ2) is 11.2. The van der Waals surface area contributed by atoms with Gasteiger partial charge in [-0.2, -0.15) is 0 Å². The number of fused-ring (bicyclic) bond motifs is 5. The van der Waals surface area contributed by atoms with Gasteiger partial charge >= 0.3 is 0 Å². The molecule has 1 heterocycles. The number of carbonyl (C=O) groups excluding carboxylic acids is 1. The SMILES string of the molecule is CC(C)=CC(=O)C[C@@H](C)[C@H]1CC[C@H]2[C@]3(C)CC[C@H]4C(C)(C)[C@@H](O[C@@H]5OC[C@@H](O)[C@H](O)[C@H]5O)CC[C@]4(C)[C@H]3C[C@@H](O)[C@]12C. The normalized spacial score (nSPS) is 50.7. The zero-order valence-corrected chi connectivity index (χ0v) is 27.3. The molecule has 0 spiro atoms. The zero-order valence-electron chi connectivity index (χ0n) is 27.3. The highest BCUT2D eigenvalue weighted by Gasteiger charge is 2.70. The lowest BCUT2D eigenvalue weighted by Crippen LogP contribution is -2.66. The summed E-state index contributed by atoms with van der Waals surface area (Å²) in [7, 11) is 0. The van der Waals surface area contributed by atoms with Gasteiger partial charge in [0.25, 0.3) is 0 Å². The Balaban J connectivity index is 1.36. The Bertz CT molecular complexity index is 1050. The third-order valence-corrected chi connectivity index (χ3v) is 13.7. The molecule has 7 heteroatoms. The van der Waals surface area contributed by atoms with Crippen LogP contribution in [-0.4, -0.2) is 69.6 Å². The average molecular weight is 591 g/mol. The molecule has 0 aromatic rings. The summed E-state index contributed by atoms with van der Waals surface area (Å²) in [6, 6.07) is 0. The first-order chi connectivity index (χ1) is 19.5. The first-order valence-corrected chi connectivity index (χ1v) is 16.6. The predicted molar refractivity (Wildman–Crippen MR) is 161 cm³/mol. The lowest BCUT2D eigenvalue weighted by atomic mass is 9.36. The summed E-state index contributed by atoms with van der Waals surface area (Å²) >= 11 is 0. The van der Waals surface area contributed by atoms with Gasteiger partial charge in [0.15, 0.2) is 12.1 Å². The van der Waals surface area contributed by atoms with Crippen molar-refractivity contribution in [2.24, 2.45) is 51.2 Å². The molecule has 1 saturated heterocycles. The van der Waals surface area contributed by atoms with Crippen molar-refractivity contribution in [3.63, 3.8) is 0 Å². The first-order valence-electron chi connectivity index (χ1n) is 16.6. The lowest BCUT2D eigenvalue weighted by Gasteiger charge is -2.69. The molecule has 0 bridgehead atoms. The number of hydrogen-bond donors (Lipinski definition) is 4. The molecule has 7 nitrogen and oxygen atoms in total. The first kappa shape index (κ1) is 32.6. The molecule has 42 heavy (non-hydrogen) atoms. The summed E-state index contributed by atoms with van der Waals surface area (Å²) in [6.07, 6.45) is 4.17. The van der Waals surface area contributed by atoms with Crippen molar-refractivity contribution >= 4 is 5.78 Å². The predicted octanol–water partition coefficient (Wildman–Crippen LogP) is 5.03. The van der Waals surface area contributed by atoms with Crippen LogP contribution in [0, 0.1) is 51.2 Å². The fraction of sp³-hybridized carbons (Fsp3) is 0.914. The number of allylic oxidation sites excluding steroid dienone is 2. The van der Waals surface area contributed by atoms with Gasteiger partial charge in [-0.25, -0.2) is 0 Å². The van der Waals surface area contributed by atoms with E-state index in [0.717, 1.165) is 50.5 Å². The van der Waals surface area contributed by atoms with Crippen molar-refractivity contribution in [2.45, 2.75) is 144 Å². The minimum atomic E-state index is -1.28. The van der Waals surface area contributed by atoms with Gasteiger partial charge in [0, 0.05) is 6.42 Å². The van der Waals surface area contributed by atoms with Gasteiger partial charge in [0.2, 0.25) is 0 Å². The minimum absolute atomic E-state index is 0.0452. The minimum Gasteiger partial charge on any atom is -0.393 e. The highest BCUT2D eigenvalue weighted by molar-refractivity contribution is 5.90. The van der Waals surface area contributed by atoms with E-state index in [0.29, 0.717) is 30.1 Å². The van der Waals surface area contributed by atoms with Crippen molar-refractivity contribution in [1.82, 2.24) is 0 Å². The van der Waals surface area contributed by atoms with Crippen LogP contribution in [-0.2, 0) is 14.3 Å². The van der Waals surface area contributed by atoms with E-state index >= 15 is 0 Å². The average Bonchev–Trinajstić information content (AvgIpc) is 3.26. The Labute approximate surface area is 253 Å². The van der Waals surface area contributed by atoms with E-state index in [2.05, 4.69) is 41.5 Å². The monoisotopic (exact) mass is 590 g/mol. The van der Waals surface area contributed by atoms with Gasteiger partial charge in [-0.15, -0.1) is 0 Å². The van der Waals surface area contributed by atoms with E-state index in [4.69, 9.17) is 9.47 Å². The fourth-order valence-corrected chi connectivity index (χ4v) is 11.8. The number of rotatable bonds is 6. The molecule has 1 aliphatic heterocycles. The van der Waals surface area contributed by atoms with Gasteiger partial charge in [0.05, 0.1) is 18.8 Å². The van der Waals surface area contributed by atoms with Gasteiger partial charge < -0.3 is 29.9 Å². The number of ketones is 1. The summed E-state index contributed by atoms with van der Waals surface area (Å²) < 4.78 is 12.0. The molecular weight excluding hydrogens is 532 g/mol. The van der Waals surface area contributed by atoms with E-state index < -0.39 is 24.6 Å².